The molecule has 1 aromatic carbocycles. The molecule has 0 heterocycles. The summed E-state index contributed by atoms with van der Waals surface area (Å²) in [5.74, 6) is 3.89. The van der Waals surface area contributed by atoms with E-state index in [4.69, 9.17) is 4.74 Å². The number of rotatable bonds is 9. The maximum Gasteiger partial charge on any atom is 0.0577 e. The molecule has 1 heteroatoms. The molecule has 0 amide bonds. The fourth-order valence-electron chi connectivity index (χ4n) is 7.02. The van der Waals surface area contributed by atoms with Gasteiger partial charge in [-0.05, 0) is 118 Å². The summed E-state index contributed by atoms with van der Waals surface area (Å²) in [6, 6.07) is 7.52. The summed E-state index contributed by atoms with van der Waals surface area (Å²) in [6.07, 6.45) is 21.5. The normalized spacial score (nSPS) is 31.2. The molecule has 3 aliphatic carbocycles. The first-order valence-electron chi connectivity index (χ1n) is 13.5. The molecule has 1 nitrogen and oxygen atoms in total. The molecule has 0 spiro atoms. The van der Waals surface area contributed by atoms with Crippen molar-refractivity contribution in [3.05, 3.63) is 34.9 Å². The molecular formula is C29H46O. The molecule has 0 aliphatic heterocycles. The molecule has 2 fully saturated rings. The lowest BCUT2D eigenvalue weighted by atomic mass is 9.62. The zero-order valence-corrected chi connectivity index (χ0v) is 19.8. The zero-order valence-electron chi connectivity index (χ0n) is 19.8. The minimum Gasteiger partial charge on any atom is -0.378 e. The van der Waals surface area contributed by atoms with Gasteiger partial charge in [-0.3, -0.25) is 0 Å². The van der Waals surface area contributed by atoms with Crippen LogP contribution in [-0.2, 0) is 24.0 Å². The third-order valence-electron chi connectivity index (χ3n) is 8.78. The number of ether oxygens (including phenoxy) is 1. The minimum absolute atomic E-state index is 0.565. The first-order chi connectivity index (χ1) is 14.8. The number of fused-ring (bicyclic) bond motifs is 2. The standard InChI is InChI=1S/C29H46O/c1-3-5-6-7-8-9-22-10-11-24-19-25(13-12-23(24)18-22)26-14-15-28-21-29(30-4-2)17-16-27(28)20-26/h10-11,18,25-29H,3-9,12-17,19-21H2,1-2H3/t25?,26?,27-,28?,29-/m1/s1. The molecular weight excluding hydrogens is 364 g/mol. The molecule has 0 saturated heterocycles. The van der Waals surface area contributed by atoms with Crippen LogP contribution in [0.15, 0.2) is 18.2 Å². The Bertz CT molecular complexity index is 650. The Hall–Kier alpha value is -0.820. The minimum atomic E-state index is 0.565. The highest BCUT2D eigenvalue weighted by Gasteiger charge is 2.38. The van der Waals surface area contributed by atoms with Crippen molar-refractivity contribution in [1.82, 2.24) is 0 Å². The second kappa shape index (κ2) is 11.2. The van der Waals surface area contributed by atoms with Crippen molar-refractivity contribution < 1.29 is 4.74 Å². The first kappa shape index (κ1) is 22.4. The smallest absolute Gasteiger partial charge is 0.0577 e. The maximum absolute atomic E-state index is 5.97. The quantitative estimate of drug-likeness (QED) is 0.376. The van der Waals surface area contributed by atoms with Crippen LogP contribution in [0.2, 0.25) is 0 Å². The molecule has 0 radical (unpaired) electrons. The third-order valence-corrected chi connectivity index (χ3v) is 8.78. The Balaban J connectivity index is 1.27. The molecule has 30 heavy (non-hydrogen) atoms. The van der Waals surface area contributed by atoms with Crippen LogP contribution in [0.3, 0.4) is 0 Å². The highest BCUT2D eigenvalue weighted by molar-refractivity contribution is 5.34. The van der Waals surface area contributed by atoms with Crippen molar-refractivity contribution in [2.45, 2.75) is 116 Å². The van der Waals surface area contributed by atoms with Crippen molar-refractivity contribution in [2.75, 3.05) is 6.61 Å². The van der Waals surface area contributed by atoms with E-state index in [0.717, 1.165) is 30.3 Å². The van der Waals surface area contributed by atoms with E-state index < -0.39 is 0 Å². The Labute approximate surface area is 186 Å². The maximum atomic E-state index is 5.97. The molecule has 1 aromatic rings. The average Bonchev–Trinajstić information content (AvgIpc) is 2.78. The molecule has 5 atom stereocenters. The first-order valence-corrected chi connectivity index (χ1v) is 13.5. The highest BCUT2D eigenvalue weighted by atomic mass is 16.5. The van der Waals surface area contributed by atoms with Gasteiger partial charge in [0.2, 0.25) is 0 Å². The van der Waals surface area contributed by atoms with E-state index in [-0.39, 0.29) is 0 Å². The zero-order chi connectivity index (χ0) is 20.8. The fourth-order valence-corrected chi connectivity index (χ4v) is 7.02. The largest absolute Gasteiger partial charge is 0.378 e. The van der Waals surface area contributed by atoms with Gasteiger partial charge < -0.3 is 4.74 Å². The van der Waals surface area contributed by atoms with Crippen molar-refractivity contribution in [2.24, 2.45) is 23.7 Å². The average molecular weight is 411 g/mol. The molecule has 4 rings (SSSR count). The van der Waals surface area contributed by atoms with Crippen LogP contribution >= 0.6 is 0 Å². The van der Waals surface area contributed by atoms with E-state index in [1.165, 1.54) is 96.3 Å². The summed E-state index contributed by atoms with van der Waals surface area (Å²) >= 11 is 0. The predicted molar refractivity (Wildman–Crippen MR) is 128 cm³/mol. The van der Waals surface area contributed by atoms with E-state index in [1.807, 2.05) is 0 Å². The van der Waals surface area contributed by atoms with Crippen LogP contribution in [-0.4, -0.2) is 12.7 Å². The van der Waals surface area contributed by atoms with Gasteiger partial charge in [-0.15, -0.1) is 0 Å². The molecule has 3 unspecified atom stereocenters. The van der Waals surface area contributed by atoms with Gasteiger partial charge in [0.15, 0.2) is 0 Å². The van der Waals surface area contributed by atoms with Gasteiger partial charge in [0.25, 0.3) is 0 Å². The summed E-state index contributed by atoms with van der Waals surface area (Å²) in [7, 11) is 0. The Kier molecular flexibility index (Phi) is 8.33. The van der Waals surface area contributed by atoms with Gasteiger partial charge in [0, 0.05) is 6.61 Å². The van der Waals surface area contributed by atoms with E-state index in [1.54, 1.807) is 16.7 Å². The highest BCUT2D eigenvalue weighted by Crippen LogP contribution is 2.47. The number of unbranched alkanes of at least 4 members (excludes halogenated alkanes) is 4. The van der Waals surface area contributed by atoms with Crippen LogP contribution in [0.25, 0.3) is 0 Å². The SMILES string of the molecule is CCCCCCCc1ccc2c(c1)CCC(C1CCC3C[C@H](OCC)CC[C@@H]3C1)C2. The summed E-state index contributed by atoms with van der Waals surface area (Å²) in [6.45, 7) is 5.35. The van der Waals surface area contributed by atoms with E-state index >= 15 is 0 Å². The topological polar surface area (TPSA) is 9.23 Å². The monoisotopic (exact) mass is 410 g/mol. The second-order valence-corrected chi connectivity index (χ2v) is 10.8. The van der Waals surface area contributed by atoms with Gasteiger partial charge >= 0.3 is 0 Å². The van der Waals surface area contributed by atoms with Gasteiger partial charge in [0.05, 0.1) is 6.10 Å². The molecule has 0 N–H and O–H groups in total. The Morgan fingerprint density at radius 1 is 0.767 bits per heavy atom. The predicted octanol–water partition coefficient (Wildman–Crippen LogP) is 7.93. The van der Waals surface area contributed by atoms with Crippen molar-refractivity contribution >= 4 is 0 Å². The fraction of sp³-hybridized carbons (Fsp3) is 0.793. The number of aryl methyl sites for hydroxylation is 2. The van der Waals surface area contributed by atoms with Gasteiger partial charge in [-0.2, -0.15) is 0 Å². The lowest BCUT2D eigenvalue weighted by Crippen LogP contribution is -2.37. The van der Waals surface area contributed by atoms with Crippen molar-refractivity contribution in [1.29, 1.82) is 0 Å². The molecule has 168 valence electrons. The van der Waals surface area contributed by atoms with E-state index in [9.17, 15) is 0 Å². The molecule has 3 aliphatic rings. The lowest BCUT2D eigenvalue weighted by molar-refractivity contribution is -0.0192. The van der Waals surface area contributed by atoms with Crippen molar-refractivity contribution in [3.8, 4) is 0 Å². The lowest BCUT2D eigenvalue weighted by Gasteiger charge is -2.44. The summed E-state index contributed by atoms with van der Waals surface area (Å²) in [4.78, 5) is 0. The molecule has 2 saturated carbocycles. The second-order valence-electron chi connectivity index (χ2n) is 10.8. The summed E-state index contributed by atoms with van der Waals surface area (Å²) < 4.78 is 5.97. The van der Waals surface area contributed by atoms with Gasteiger partial charge in [0.1, 0.15) is 0 Å². The molecule has 0 bridgehead atoms. The molecule has 0 aromatic heterocycles. The third kappa shape index (κ3) is 5.70. The number of benzene rings is 1. The number of hydrogen-bond acceptors (Lipinski definition) is 1. The Morgan fingerprint density at radius 3 is 2.37 bits per heavy atom. The summed E-state index contributed by atoms with van der Waals surface area (Å²) in [5.41, 5.74) is 4.96. The van der Waals surface area contributed by atoms with Crippen LogP contribution in [0.1, 0.15) is 108 Å². The van der Waals surface area contributed by atoms with Crippen LogP contribution < -0.4 is 0 Å². The van der Waals surface area contributed by atoms with Gasteiger partial charge in [-0.1, -0.05) is 50.8 Å². The van der Waals surface area contributed by atoms with Gasteiger partial charge in [-0.25, -0.2) is 0 Å². The Morgan fingerprint density at radius 2 is 1.53 bits per heavy atom. The van der Waals surface area contributed by atoms with E-state index in [0.29, 0.717) is 6.10 Å². The van der Waals surface area contributed by atoms with Crippen molar-refractivity contribution in [3.63, 3.8) is 0 Å². The van der Waals surface area contributed by atoms with E-state index in [2.05, 4.69) is 32.0 Å². The number of hydrogen-bond donors (Lipinski definition) is 0. The summed E-state index contributed by atoms with van der Waals surface area (Å²) in [5, 5.41) is 0. The van der Waals surface area contributed by atoms with Crippen LogP contribution in [0, 0.1) is 23.7 Å². The van der Waals surface area contributed by atoms with Crippen LogP contribution in [0.5, 0.6) is 0 Å². The van der Waals surface area contributed by atoms with Crippen LogP contribution in [0.4, 0.5) is 0 Å².